The zero-order valence-electron chi connectivity index (χ0n) is 13.2. The molecule has 0 atom stereocenters. The standard InChI is InChI=1S/C17H14N4O4/c1-25-12-6-4-5-11(9-12)14-10-15(20-19-14)17(22)18-13-7-2-3-8-16(13)21(23)24/h2-10H,1H3,(H,18,22)(H,19,20). The fraction of sp³-hybridized carbons (Fsp3) is 0.0588. The van der Waals surface area contributed by atoms with Crippen molar-refractivity contribution < 1.29 is 14.5 Å². The molecule has 0 aliphatic heterocycles. The predicted octanol–water partition coefficient (Wildman–Crippen LogP) is 3.25. The SMILES string of the molecule is COc1cccc(-c2cc(C(=O)Nc3ccccc3[N+](=O)[O-])[nH]n2)c1. The molecule has 0 aliphatic carbocycles. The lowest BCUT2D eigenvalue weighted by Crippen LogP contribution is -2.13. The Bertz CT molecular complexity index is 936. The zero-order chi connectivity index (χ0) is 17.8. The van der Waals surface area contributed by atoms with Crippen molar-refractivity contribution in [3.8, 4) is 17.0 Å². The van der Waals surface area contributed by atoms with Crippen LogP contribution in [0.15, 0.2) is 54.6 Å². The van der Waals surface area contributed by atoms with Crippen LogP contribution >= 0.6 is 0 Å². The highest BCUT2D eigenvalue weighted by Crippen LogP contribution is 2.25. The van der Waals surface area contributed by atoms with Crippen molar-refractivity contribution in [3.05, 3.63) is 70.4 Å². The third-order valence-corrected chi connectivity index (χ3v) is 3.54. The smallest absolute Gasteiger partial charge is 0.292 e. The summed E-state index contributed by atoms with van der Waals surface area (Å²) < 4.78 is 5.16. The van der Waals surface area contributed by atoms with E-state index in [-0.39, 0.29) is 17.1 Å². The second-order valence-corrected chi connectivity index (χ2v) is 5.13. The molecule has 0 unspecified atom stereocenters. The molecule has 0 fully saturated rings. The number of ether oxygens (including phenoxy) is 1. The monoisotopic (exact) mass is 338 g/mol. The largest absolute Gasteiger partial charge is 0.497 e. The Morgan fingerprint density at radius 3 is 2.76 bits per heavy atom. The Balaban J connectivity index is 1.83. The minimum absolute atomic E-state index is 0.120. The minimum atomic E-state index is -0.551. The van der Waals surface area contributed by atoms with Crippen LogP contribution in [0.25, 0.3) is 11.3 Å². The molecule has 0 spiro atoms. The van der Waals surface area contributed by atoms with Gasteiger partial charge in [0.1, 0.15) is 17.1 Å². The van der Waals surface area contributed by atoms with E-state index in [1.165, 1.54) is 18.2 Å². The number of amides is 1. The third kappa shape index (κ3) is 3.47. The van der Waals surface area contributed by atoms with Gasteiger partial charge in [0.2, 0.25) is 0 Å². The topological polar surface area (TPSA) is 110 Å². The molecule has 2 aromatic carbocycles. The molecular weight excluding hydrogens is 324 g/mol. The van der Waals surface area contributed by atoms with E-state index in [1.807, 2.05) is 12.1 Å². The van der Waals surface area contributed by atoms with Crippen LogP contribution in [-0.2, 0) is 0 Å². The van der Waals surface area contributed by atoms with Crippen molar-refractivity contribution >= 4 is 17.3 Å². The van der Waals surface area contributed by atoms with Gasteiger partial charge in [-0.05, 0) is 24.3 Å². The van der Waals surface area contributed by atoms with Crippen LogP contribution in [0.1, 0.15) is 10.5 Å². The van der Waals surface area contributed by atoms with E-state index in [0.29, 0.717) is 11.4 Å². The van der Waals surface area contributed by atoms with E-state index >= 15 is 0 Å². The molecule has 1 heterocycles. The van der Waals surface area contributed by atoms with Crippen LogP contribution in [-0.4, -0.2) is 28.1 Å². The van der Waals surface area contributed by atoms with E-state index in [2.05, 4.69) is 15.5 Å². The summed E-state index contributed by atoms with van der Waals surface area (Å²) in [5.41, 5.74) is 1.47. The van der Waals surface area contributed by atoms with Gasteiger partial charge in [-0.1, -0.05) is 24.3 Å². The van der Waals surface area contributed by atoms with Gasteiger partial charge < -0.3 is 10.1 Å². The van der Waals surface area contributed by atoms with Crippen LogP contribution in [0.4, 0.5) is 11.4 Å². The summed E-state index contributed by atoms with van der Waals surface area (Å²) in [6, 6.07) is 14.7. The molecule has 1 aromatic heterocycles. The molecule has 126 valence electrons. The number of nitro groups is 1. The van der Waals surface area contributed by atoms with Gasteiger partial charge in [0.05, 0.1) is 17.7 Å². The van der Waals surface area contributed by atoms with E-state index in [4.69, 9.17) is 4.74 Å². The van der Waals surface area contributed by atoms with Crippen molar-refractivity contribution in [2.45, 2.75) is 0 Å². The average molecular weight is 338 g/mol. The molecular formula is C17H14N4O4. The molecule has 3 aromatic rings. The van der Waals surface area contributed by atoms with Crippen LogP contribution in [0, 0.1) is 10.1 Å². The van der Waals surface area contributed by atoms with Crippen LogP contribution in [0.3, 0.4) is 0 Å². The molecule has 1 amide bonds. The normalized spacial score (nSPS) is 10.3. The first-order valence-corrected chi connectivity index (χ1v) is 7.33. The van der Waals surface area contributed by atoms with Crippen LogP contribution in [0.2, 0.25) is 0 Å². The van der Waals surface area contributed by atoms with E-state index in [1.54, 1.807) is 31.4 Å². The number of aromatic nitrogens is 2. The second kappa shape index (κ2) is 6.83. The molecule has 0 radical (unpaired) electrons. The zero-order valence-corrected chi connectivity index (χ0v) is 13.2. The number of hydrogen-bond acceptors (Lipinski definition) is 5. The van der Waals surface area contributed by atoms with Gasteiger partial charge in [-0.15, -0.1) is 0 Å². The lowest BCUT2D eigenvalue weighted by atomic mass is 10.1. The maximum Gasteiger partial charge on any atom is 0.292 e. The number of methoxy groups -OCH3 is 1. The number of carbonyl (C=O) groups excluding carboxylic acids is 1. The van der Waals surface area contributed by atoms with Gasteiger partial charge >= 0.3 is 0 Å². The number of nitrogens with zero attached hydrogens (tertiary/aromatic N) is 2. The number of H-pyrrole nitrogens is 1. The fourth-order valence-corrected chi connectivity index (χ4v) is 2.30. The molecule has 0 aliphatic rings. The number of anilines is 1. The first-order valence-electron chi connectivity index (χ1n) is 7.33. The summed E-state index contributed by atoms with van der Waals surface area (Å²) in [5.74, 6) is 0.155. The van der Waals surface area contributed by atoms with E-state index in [0.717, 1.165) is 5.56 Å². The minimum Gasteiger partial charge on any atom is -0.497 e. The second-order valence-electron chi connectivity index (χ2n) is 5.13. The highest BCUT2D eigenvalue weighted by atomic mass is 16.6. The molecule has 8 heteroatoms. The molecule has 0 saturated carbocycles. The number of rotatable bonds is 5. The summed E-state index contributed by atoms with van der Waals surface area (Å²) in [6.07, 6.45) is 0. The lowest BCUT2D eigenvalue weighted by Gasteiger charge is -2.03. The van der Waals surface area contributed by atoms with Crippen molar-refractivity contribution in [2.24, 2.45) is 0 Å². The average Bonchev–Trinajstić information content (AvgIpc) is 3.12. The summed E-state index contributed by atoms with van der Waals surface area (Å²) in [4.78, 5) is 22.8. The highest BCUT2D eigenvalue weighted by molar-refractivity contribution is 6.04. The Morgan fingerprint density at radius 2 is 2.00 bits per heavy atom. The number of benzene rings is 2. The lowest BCUT2D eigenvalue weighted by molar-refractivity contribution is -0.383. The number of para-hydroxylation sites is 2. The van der Waals surface area contributed by atoms with E-state index in [9.17, 15) is 14.9 Å². The van der Waals surface area contributed by atoms with Crippen molar-refractivity contribution in [1.82, 2.24) is 10.2 Å². The quantitative estimate of drug-likeness (QED) is 0.548. The first-order chi connectivity index (χ1) is 12.1. The Hall–Kier alpha value is -3.68. The molecule has 3 rings (SSSR count). The number of carbonyl (C=O) groups is 1. The molecule has 0 saturated heterocycles. The fourth-order valence-electron chi connectivity index (χ4n) is 2.30. The Kier molecular flexibility index (Phi) is 4.42. The summed E-state index contributed by atoms with van der Waals surface area (Å²) in [7, 11) is 1.56. The predicted molar refractivity (Wildman–Crippen MR) is 91.6 cm³/mol. The highest BCUT2D eigenvalue weighted by Gasteiger charge is 2.17. The number of aromatic amines is 1. The van der Waals surface area contributed by atoms with Crippen molar-refractivity contribution in [1.29, 1.82) is 0 Å². The van der Waals surface area contributed by atoms with Gasteiger partial charge in [0.25, 0.3) is 11.6 Å². The molecule has 8 nitrogen and oxygen atoms in total. The van der Waals surface area contributed by atoms with Gasteiger partial charge in [-0.2, -0.15) is 5.10 Å². The Labute approximate surface area is 142 Å². The van der Waals surface area contributed by atoms with E-state index < -0.39 is 10.8 Å². The van der Waals surface area contributed by atoms with Crippen LogP contribution in [0.5, 0.6) is 5.75 Å². The Morgan fingerprint density at radius 1 is 1.20 bits per heavy atom. The molecule has 0 bridgehead atoms. The number of nitrogens with one attached hydrogen (secondary N) is 2. The number of hydrogen-bond donors (Lipinski definition) is 2. The summed E-state index contributed by atoms with van der Waals surface area (Å²) in [5, 5.41) is 20.3. The van der Waals surface area contributed by atoms with Gasteiger partial charge in [-0.25, -0.2) is 0 Å². The van der Waals surface area contributed by atoms with Crippen LogP contribution < -0.4 is 10.1 Å². The van der Waals surface area contributed by atoms with Gasteiger partial charge in [0, 0.05) is 11.6 Å². The summed E-state index contributed by atoms with van der Waals surface area (Å²) >= 11 is 0. The van der Waals surface area contributed by atoms with Crippen molar-refractivity contribution in [2.75, 3.05) is 12.4 Å². The number of nitro benzene ring substituents is 1. The third-order valence-electron chi connectivity index (χ3n) is 3.54. The summed E-state index contributed by atoms with van der Waals surface area (Å²) in [6.45, 7) is 0. The first kappa shape index (κ1) is 16.2. The molecule has 2 N–H and O–H groups in total. The maximum absolute atomic E-state index is 12.3. The van der Waals surface area contributed by atoms with Gasteiger partial charge in [0.15, 0.2) is 0 Å². The van der Waals surface area contributed by atoms with Gasteiger partial charge in [-0.3, -0.25) is 20.0 Å². The maximum atomic E-state index is 12.3. The van der Waals surface area contributed by atoms with Crippen molar-refractivity contribution in [3.63, 3.8) is 0 Å². The molecule has 25 heavy (non-hydrogen) atoms.